The average Bonchev–Trinajstić information content (AvgIpc) is 3.46. The van der Waals surface area contributed by atoms with E-state index in [0.29, 0.717) is 42.6 Å². The predicted octanol–water partition coefficient (Wildman–Crippen LogP) is 6.07. The van der Waals surface area contributed by atoms with Gasteiger partial charge in [-0.15, -0.1) is 6.42 Å². The summed E-state index contributed by atoms with van der Waals surface area (Å²) in [6.07, 6.45) is 9.99. The fourth-order valence-corrected chi connectivity index (χ4v) is 6.94. The van der Waals surface area contributed by atoms with Gasteiger partial charge < -0.3 is 9.84 Å². The normalized spacial score (nSPS) is 20.4. The molecular formula is C33H30F4N6O2. The van der Waals surface area contributed by atoms with Gasteiger partial charge in [0.15, 0.2) is 11.6 Å². The lowest BCUT2D eigenvalue weighted by atomic mass is 9.94. The molecular weight excluding hydrogens is 588 g/mol. The lowest BCUT2D eigenvalue weighted by Gasteiger charge is -2.31. The third kappa shape index (κ3) is 5.10. The van der Waals surface area contributed by atoms with Crippen LogP contribution < -0.4 is 15.2 Å². The van der Waals surface area contributed by atoms with Gasteiger partial charge in [0.25, 0.3) is 6.08 Å². The Morgan fingerprint density at radius 1 is 1.11 bits per heavy atom. The van der Waals surface area contributed by atoms with Gasteiger partial charge in [-0.25, -0.2) is 14.2 Å². The standard InChI is InChI=1S/C33H30F4N6O2/c1-2-22-25(34)8-7-19-13-21(44)14-23(26(19)22)28-27(35)29-24(16-38-28)31(43-12-5-3-4-10-39-43)41-32(40-29)45-18-33-9-6-11-42(33)17-20(15-33)30(36)37/h1,7-8,13-14,16,39,44H,3-6,9-12,15,17-18H2. The maximum absolute atomic E-state index is 16.7. The molecule has 0 saturated carbocycles. The van der Waals surface area contributed by atoms with Gasteiger partial charge in [-0.1, -0.05) is 18.4 Å². The Morgan fingerprint density at radius 2 is 1.98 bits per heavy atom. The highest BCUT2D eigenvalue weighted by Gasteiger charge is 2.48. The molecule has 0 bridgehead atoms. The monoisotopic (exact) mass is 618 g/mol. The number of nitrogens with zero attached hydrogens (tertiary/aromatic N) is 5. The van der Waals surface area contributed by atoms with Crippen molar-refractivity contribution < 1.29 is 27.4 Å². The number of terminal acetylenes is 1. The van der Waals surface area contributed by atoms with E-state index in [-0.39, 0.29) is 64.6 Å². The second-order valence-corrected chi connectivity index (χ2v) is 11.9. The number of anilines is 1. The molecule has 232 valence electrons. The van der Waals surface area contributed by atoms with Crippen molar-refractivity contribution in [2.24, 2.45) is 0 Å². The van der Waals surface area contributed by atoms with Gasteiger partial charge in [-0.3, -0.25) is 14.9 Å². The van der Waals surface area contributed by atoms with Crippen LogP contribution in [0.1, 0.15) is 44.1 Å². The molecule has 7 rings (SSSR count). The summed E-state index contributed by atoms with van der Waals surface area (Å²) >= 11 is 0. The summed E-state index contributed by atoms with van der Waals surface area (Å²) < 4.78 is 64.7. The fourth-order valence-electron chi connectivity index (χ4n) is 6.94. The average molecular weight is 619 g/mol. The Bertz CT molecular complexity index is 1900. The predicted molar refractivity (Wildman–Crippen MR) is 162 cm³/mol. The molecule has 5 heterocycles. The second kappa shape index (κ2) is 11.5. The molecule has 45 heavy (non-hydrogen) atoms. The SMILES string of the molecule is C#Cc1c(F)ccc2cc(O)cc(-c3ncc4c(N5CCCCCN5)nc(OCC56CCCN5CC(=C(F)F)C6)nc4c3F)c12. The molecule has 3 aliphatic rings. The molecule has 3 fully saturated rings. The number of hydrogen-bond donors (Lipinski definition) is 2. The lowest BCUT2D eigenvalue weighted by Crippen LogP contribution is -2.43. The van der Waals surface area contributed by atoms with Crippen LogP contribution in [0.5, 0.6) is 11.8 Å². The number of benzene rings is 2. The quantitative estimate of drug-likeness (QED) is 0.206. The summed E-state index contributed by atoms with van der Waals surface area (Å²) in [5, 5.41) is 13.3. The van der Waals surface area contributed by atoms with Crippen molar-refractivity contribution in [1.29, 1.82) is 0 Å². The minimum absolute atomic E-state index is 0.0592. The Balaban J connectivity index is 1.37. The van der Waals surface area contributed by atoms with Gasteiger partial charge in [0.1, 0.15) is 29.4 Å². The number of hydrazine groups is 1. The number of hydrogen-bond acceptors (Lipinski definition) is 8. The van der Waals surface area contributed by atoms with Gasteiger partial charge in [0.05, 0.1) is 16.5 Å². The van der Waals surface area contributed by atoms with Gasteiger partial charge in [0, 0.05) is 42.4 Å². The molecule has 0 spiro atoms. The summed E-state index contributed by atoms with van der Waals surface area (Å²) in [5.74, 6) is 1.04. The summed E-state index contributed by atoms with van der Waals surface area (Å²) in [4.78, 5) is 15.6. The summed E-state index contributed by atoms with van der Waals surface area (Å²) in [5.41, 5.74) is 2.56. The number of phenolic OH excluding ortho intramolecular Hbond substituents is 1. The first kappa shape index (κ1) is 29.3. The molecule has 3 aliphatic heterocycles. The van der Waals surface area contributed by atoms with Gasteiger partial charge in [-0.2, -0.15) is 18.7 Å². The van der Waals surface area contributed by atoms with Crippen LogP contribution in [-0.4, -0.2) is 63.3 Å². The fraction of sp³-hybridized carbons (Fsp3) is 0.364. The zero-order valence-electron chi connectivity index (χ0n) is 24.3. The molecule has 2 aromatic heterocycles. The summed E-state index contributed by atoms with van der Waals surface area (Å²) in [6.45, 7) is 2.22. The molecule has 0 aliphatic carbocycles. The van der Waals surface area contributed by atoms with E-state index in [1.165, 1.54) is 30.5 Å². The van der Waals surface area contributed by atoms with E-state index in [9.17, 15) is 18.3 Å². The summed E-state index contributed by atoms with van der Waals surface area (Å²) in [6, 6.07) is 5.25. The number of fused-ring (bicyclic) bond motifs is 3. The molecule has 8 nitrogen and oxygen atoms in total. The highest BCUT2D eigenvalue weighted by molar-refractivity contribution is 6.03. The van der Waals surface area contributed by atoms with Gasteiger partial charge in [-0.05, 0) is 62.2 Å². The maximum atomic E-state index is 16.7. The number of rotatable bonds is 5. The third-order valence-corrected chi connectivity index (χ3v) is 9.11. The van der Waals surface area contributed by atoms with Crippen molar-refractivity contribution in [2.75, 3.05) is 37.8 Å². The molecule has 1 unspecified atom stereocenters. The highest BCUT2D eigenvalue weighted by Crippen LogP contribution is 2.43. The molecule has 0 radical (unpaired) electrons. The van der Waals surface area contributed by atoms with E-state index in [2.05, 4.69) is 26.3 Å². The van der Waals surface area contributed by atoms with Crippen molar-refractivity contribution in [3.05, 3.63) is 59.3 Å². The van der Waals surface area contributed by atoms with E-state index in [0.717, 1.165) is 25.7 Å². The smallest absolute Gasteiger partial charge is 0.319 e. The van der Waals surface area contributed by atoms with Gasteiger partial charge in [0.2, 0.25) is 0 Å². The first-order valence-electron chi connectivity index (χ1n) is 15.0. The van der Waals surface area contributed by atoms with E-state index in [1.807, 2.05) is 9.91 Å². The Hall–Kier alpha value is -4.47. The molecule has 4 aromatic rings. The number of nitrogens with one attached hydrogen (secondary N) is 1. The first-order valence-corrected chi connectivity index (χ1v) is 15.0. The molecule has 12 heteroatoms. The zero-order chi connectivity index (χ0) is 31.3. The van der Waals surface area contributed by atoms with E-state index >= 15 is 4.39 Å². The zero-order valence-corrected chi connectivity index (χ0v) is 24.3. The lowest BCUT2D eigenvalue weighted by molar-refractivity contribution is 0.108. The van der Waals surface area contributed by atoms with Crippen LogP contribution in [0.2, 0.25) is 0 Å². The van der Waals surface area contributed by atoms with E-state index in [4.69, 9.17) is 11.2 Å². The second-order valence-electron chi connectivity index (χ2n) is 11.9. The van der Waals surface area contributed by atoms with Crippen molar-refractivity contribution >= 4 is 27.5 Å². The highest BCUT2D eigenvalue weighted by atomic mass is 19.3. The molecule has 1 atom stereocenters. The molecule has 3 saturated heterocycles. The van der Waals surface area contributed by atoms with E-state index < -0.39 is 23.3 Å². The minimum atomic E-state index is -1.66. The van der Waals surface area contributed by atoms with Crippen LogP contribution in [0, 0.1) is 24.0 Å². The minimum Gasteiger partial charge on any atom is -0.508 e. The van der Waals surface area contributed by atoms with Crippen LogP contribution in [0.3, 0.4) is 0 Å². The topological polar surface area (TPSA) is 86.6 Å². The van der Waals surface area contributed by atoms with Crippen LogP contribution >= 0.6 is 0 Å². The van der Waals surface area contributed by atoms with Crippen LogP contribution in [0.25, 0.3) is 32.9 Å². The number of ether oxygens (including phenoxy) is 1. The summed E-state index contributed by atoms with van der Waals surface area (Å²) in [7, 11) is 0. The first-order chi connectivity index (χ1) is 21.8. The molecule has 2 aromatic carbocycles. The van der Waals surface area contributed by atoms with Crippen molar-refractivity contribution in [2.45, 2.75) is 44.1 Å². The van der Waals surface area contributed by atoms with Crippen LogP contribution in [0.15, 0.2) is 42.1 Å². The number of aromatic nitrogens is 3. The third-order valence-electron chi connectivity index (χ3n) is 9.11. The molecule has 0 amide bonds. The van der Waals surface area contributed by atoms with Gasteiger partial charge >= 0.3 is 6.01 Å². The largest absolute Gasteiger partial charge is 0.508 e. The van der Waals surface area contributed by atoms with E-state index in [1.54, 1.807) is 0 Å². The van der Waals surface area contributed by atoms with Crippen molar-refractivity contribution in [3.8, 4) is 35.4 Å². The number of phenols is 1. The van der Waals surface area contributed by atoms with Crippen molar-refractivity contribution in [1.82, 2.24) is 25.3 Å². The number of halogens is 4. The molecule has 2 N–H and O–H groups in total. The number of aromatic hydroxyl groups is 1. The van der Waals surface area contributed by atoms with Crippen LogP contribution in [-0.2, 0) is 0 Å². The van der Waals surface area contributed by atoms with Crippen molar-refractivity contribution in [3.63, 3.8) is 0 Å². The Morgan fingerprint density at radius 3 is 2.80 bits per heavy atom. The Labute approximate surface area is 256 Å². The number of pyridine rings is 1. The van der Waals surface area contributed by atoms with Crippen LogP contribution in [0.4, 0.5) is 23.4 Å². The Kier molecular flexibility index (Phi) is 7.46. The maximum Gasteiger partial charge on any atom is 0.319 e.